The van der Waals surface area contributed by atoms with E-state index in [0.717, 1.165) is 20.8 Å². The summed E-state index contributed by atoms with van der Waals surface area (Å²) in [5.41, 5.74) is 4.66. The number of Topliss-reactive ketones (excluding diaryl/α,β-unsaturated/α-hetero) is 1. The maximum absolute atomic E-state index is 12.3. The molecule has 134 valence electrons. The summed E-state index contributed by atoms with van der Waals surface area (Å²) >= 11 is 1.65. The van der Waals surface area contributed by atoms with Crippen molar-refractivity contribution in [2.75, 3.05) is 5.32 Å². The summed E-state index contributed by atoms with van der Waals surface area (Å²) < 4.78 is 1.16. The monoisotopic (exact) mass is 375 g/mol. The number of nitrogens with zero attached hydrogens (tertiary/aromatic N) is 1. The molecule has 0 atom stereocenters. The van der Waals surface area contributed by atoms with E-state index in [4.69, 9.17) is 0 Å². The van der Waals surface area contributed by atoms with Gasteiger partial charge in [-0.05, 0) is 61.0 Å². The van der Waals surface area contributed by atoms with E-state index in [1.54, 1.807) is 23.5 Å². The van der Waals surface area contributed by atoms with Gasteiger partial charge in [-0.2, -0.15) is 0 Å². The van der Waals surface area contributed by atoms with Gasteiger partial charge in [-0.3, -0.25) is 9.59 Å². The van der Waals surface area contributed by atoms with Crippen LogP contribution in [0.5, 0.6) is 0 Å². The molecule has 0 saturated heterocycles. The summed E-state index contributed by atoms with van der Waals surface area (Å²) in [7, 11) is 0. The lowest BCUT2D eigenvalue weighted by Gasteiger charge is -2.04. The van der Waals surface area contributed by atoms with Crippen molar-refractivity contribution >= 4 is 38.9 Å². The third kappa shape index (κ3) is 3.52. The smallest absolute Gasteiger partial charge is 0.272 e. The van der Waals surface area contributed by atoms with E-state index in [9.17, 15) is 9.59 Å². The number of fused-ring (bicyclic) bond motifs is 1. The van der Waals surface area contributed by atoms with Gasteiger partial charge < -0.3 is 10.3 Å². The van der Waals surface area contributed by atoms with Crippen LogP contribution >= 0.6 is 11.3 Å². The van der Waals surface area contributed by atoms with Gasteiger partial charge in [0.05, 0.1) is 15.9 Å². The van der Waals surface area contributed by atoms with Gasteiger partial charge in [-0.25, -0.2) is 4.98 Å². The molecule has 4 aromatic rings. The first kappa shape index (κ1) is 17.2. The molecule has 0 fully saturated rings. The summed E-state index contributed by atoms with van der Waals surface area (Å²) in [4.78, 5) is 31.1. The Hall–Kier alpha value is -3.25. The molecule has 4 rings (SSSR count). The molecule has 0 aliphatic heterocycles. The molecular weight excluding hydrogens is 358 g/mol. The van der Waals surface area contributed by atoms with Gasteiger partial charge in [-0.15, -0.1) is 11.3 Å². The second-order valence-corrected chi connectivity index (χ2v) is 7.39. The Bertz CT molecular complexity index is 1160. The zero-order chi connectivity index (χ0) is 19.0. The number of benzene rings is 2. The summed E-state index contributed by atoms with van der Waals surface area (Å²) in [5, 5.41) is 3.77. The fourth-order valence-electron chi connectivity index (χ4n) is 2.78. The van der Waals surface area contributed by atoms with Crippen molar-refractivity contribution in [3.8, 4) is 10.6 Å². The van der Waals surface area contributed by atoms with Crippen LogP contribution in [-0.2, 0) is 0 Å². The zero-order valence-corrected chi connectivity index (χ0v) is 15.7. The minimum absolute atomic E-state index is 0.107. The van der Waals surface area contributed by atoms with E-state index >= 15 is 0 Å². The standard InChI is InChI=1S/C21H17N3O2S/c1-12-3-8-17-19(11-12)27-21(24-17)14-4-6-15(7-5-14)22-20(26)18-10-9-16(23-18)13(2)25/h3-11,23H,1-2H3,(H,22,26). The quantitative estimate of drug-likeness (QED) is 0.490. The van der Waals surface area contributed by atoms with Crippen molar-refractivity contribution in [3.05, 3.63) is 71.5 Å². The third-order valence-corrected chi connectivity index (χ3v) is 5.31. The highest BCUT2D eigenvalue weighted by Crippen LogP contribution is 2.31. The van der Waals surface area contributed by atoms with Crippen LogP contribution in [0, 0.1) is 6.92 Å². The number of hydrogen-bond acceptors (Lipinski definition) is 4. The first-order chi connectivity index (χ1) is 13.0. The lowest BCUT2D eigenvalue weighted by molar-refractivity contribution is 0.101. The van der Waals surface area contributed by atoms with Gasteiger partial charge in [0.25, 0.3) is 5.91 Å². The SMILES string of the molecule is CC(=O)c1ccc(C(=O)Nc2ccc(-c3nc4ccc(C)cc4s3)cc2)[nH]1. The van der Waals surface area contributed by atoms with Crippen molar-refractivity contribution in [1.29, 1.82) is 0 Å². The Kier molecular flexibility index (Phi) is 4.33. The molecule has 6 heteroatoms. The van der Waals surface area contributed by atoms with E-state index in [1.165, 1.54) is 12.5 Å². The Labute approximate surface area is 160 Å². The van der Waals surface area contributed by atoms with E-state index in [0.29, 0.717) is 17.1 Å². The van der Waals surface area contributed by atoms with Crippen LogP contribution in [0.2, 0.25) is 0 Å². The molecule has 2 aromatic carbocycles. The molecule has 0 aliphatic rings. The van der Waals surface area contributed by atoms with Gasteiger partial charge in [0.1, 0.15) is 10.7 Å². The number of rotatable bonds is 4. The highest BCUT2D eigenvalue weighted by Gasteiger charge is 2.11. The first-order valence-electron chi connectivity index (χ1n) is 8.48. The Balaban J connectivity index is 1.52. The number of nitrogens with one attached hydrogen (secondary N) is 2. The van der Waals surface area contributed by atoms with E-state index in [1.807, 2.05) is 30.3 Å². The molecule has 0 bridgehead atoms. The van der Waals surface area contributed by atoms with Crippen LogP contribution in [0.15, 0.2) is 54.6 Å². The number of amides is 1. The lowest BCUT2D eigenvalue weighted by Crippen LogP contribution is -2.12. The number of H-pyrrole nitrogens is 1. The summed E-state index contributed by atoms with van der Waals surface area (Å²) in [5.74, 6) is -0.393. The van der Waals surface area contributed by atoms with Gasteiger partial charge in [-0.1, -0.05) is 6.07 Å². The second kappa shape index (κ2) is 6.81. The van der Waals surface area contributed by atoms with Gasteiger partial charge in [0.15, 0.2) is 5.78 Å². The molecule has 1 amide bonds. The van der Waals surface area contributed by atoms with Gasteiger partial charge in [0, 0.05) is 18.2 Å². The number of thiazole rings is 1. The van der Waals surface area contributed by atoms with E-state index in [2.05, 4.69) is 34.3 Å². The number of aryl methyl sites for hydroxylation is 1. The highest BCUT2D eigenvalue weighted by molar-refractivity contribution is 7.21. The maximum atomic E-state index is 12.3. The molecule has 0 unspecified atom stereocenters. The van der Waals surface area contributed by atoms with Crippen LogP contribution < -0.4 is 5.32 Å². The van der Waals surface area contributed by atoms with E-state index < -0.39 is 0 Å². The number of ketones is 1. The number of carbonyl (C=O) groups excluding carboxylic acids is 2. The first-order valence-corrected chi connectivity index (χ1v) is 9.30. The summed E-state index contributed by atoms with van der Waals surface area (Å²) in [6.45, 7) is 3.52. The molecule has 2 aromatic heterocycles. The number of hydrogen-bond donors (Lipinski definition) is 2. The molecular formula is C21H17N3O2S. The Morgan fingerprint density at radius 3 is 2.44 bits per heavy atom. The number of aromatic amines is 1. The normalized spacial score (nSPS) is 10.9. The largest absolute Gasteiger partial charge is 0.348 e. The number of anilines is 1. The van der Waals surface area contributed by atoms with Gasteiger partial charge in [0.2, 0.25) is 0 Å². The van der Waals surface area contributed by atoms with Crippen molar-refractivity contribution in [3.63, 3.8) is 0 Å². The average molecular weight is 375 g/mol. The fourth-order valence-corrected chi connectivity index (χ4v) is 3.85. The van der Waals surface area contributed by atoms with Crippen molar-refractivity contribution < 1.29 is 9.59 Å². The van der Waals surface area contributed by atoms with Crippen LogP contribution in [0.1, 0.15) is 33.5 Å². The highest BCUT2D eigenvalue weighted by atomic mass is 32.1. The van der Waals surface area contributed by atoms with Crippen LogP contribution in [0.3, 0.4) is 0 Å². The topological polar surface area (TPSA) is 74.8 Å². The molecule has 0 spiro atoms. The number of aromatic nitrogens is 2. The minimum atomic E-state index is -0.286. The van der Waals surface area contributed by atoms with Crippen LogP contribution in [0.4, 0.5) is 5.69 Å². The van der Waals surface area contributed by atoms with Crippen LogP contribution in [-0.4, -0.2) is 21.7 Å². The number of carbonyl (C=O) groups is 2. The average Bonchev–Trinajstić information content (AvgIpc) is 3.29. The molecule has 0 radical (unpaired) electrons. The zero-order valence-electron chi connectivity index (χ0n) is 14.9. The van der Waals surface area contributed by atoms with Gasteiger partial charge >= 0.3 is 0 Å². The molecule has 5 nitrogen and oxygen atoms in total. The molecule has 27 heavy (non-hydrogen) atoms. The fraction of sp³-hybridized carbons (Fsp3) is 0.0952. The predicted molar refractivity (Wildman–Crippen MR) is 109 cm³/mol. The Morgan fingerprint density at radius 2 is 1.74 bits per heavy atom. The summed E-state index contributed by atoms with van der Waals surface area (Å²) in [6.07, 6.45) is 0. The van der Waals surface area contributed by atoms with Crippen molar-refractivity contribution in [1.82, 2.24) is 9.97 Å². The third-order valence-electron chi connectivity index (χ3n) is 4.24. The molecule has 2 N–H and O–H groups in total. The second-order valence-electron chi connectivity index (χ2n) is 6.36. The molecule has 0 saturated carbocycles. The van der Waals surface area contributed by atoms with E-state index in [-0.39, 0.29) is 11.7 Å². The Morgan fingerprint density at radius 1 is 1.00 bits per heavy atom. The summed E-state index contributed by atoms with van der Waals surface area (Å²) in [6, 6.07) is 17.0. The lowest BCUT2D eigenvalue weighted by atomic mass is 10.2. The minimum Gasteiger partial charge on any atom is -0.348 e. The molecule has 2 heterocycles. The van der Waals surface area contributed by atoms with Crippen molar-refractivity contribution in [2.45, 2.75) is 13.8 Å². The van der Waals surface area contributed by atoms with Crippen LogP contribution in [0.25, 0.3) is 20.8 Å². The van der Waals surface area contributed by atoms with Crippen molar-refractivity contribution in [2.24, 2.45) is 0 Å². The maximum Gasteiger partial charge on any atom is 0.272 e. The predicted octanol–water partition coefficient (Wildman–Crippen LogP) is 5.05. The molecule has 0 aliphatic carbocycles.